The molecule has 0 radical (unpaired) electrons. The highest BCUT2D eigenvalue weighted by Gasteiger charge is 2.31. The lowest BCUT2D eigenvalue weighted by Crippen LogP contribution is -2.37. The second-order valence-corrected chi connectivity index (χ2v) is 6.82. The number of aryl methyl sites for hydroxylation is 2. The number of amides is 1. The second kappa shape index (κ2) is 7.27. The first-order valence-corrected chi connectivity index (χ1v) is 8.40. The lowest BCUT2D eigenvalue weighted by molar-refractivity contribution is -0.136. The zero-order chi connectivity index (χ0) is 16.3. The van der Waals surface area contributed by atoms with Gasteiger partial charge in [0.1, 0.15) is 0 Å². The lowest BCUT2D eigenvalue weighted by atomic mass is 9.97. The van der Waals surface area contributed by atoms with Gasteiger partial charge in [-0.1, -0.05) is 26.7 Å². The summed E-state index contributed by atoms with van der Waals surface area (Å²) >= 11 is 0. The number of hydrogen-bond donors (Lipinski definition) is 2. The lowest BCUT2D eigenvalue weighted by Gasteiger charge is -2.31. The summed E-state index contributed by atoms with van der Waals surface area (Å²) in [5, 5.41) is 17.4. The summed E-state index contributed by atoms with van der Waals surface area (Å²) in [6.07, 6.45) is 3.95. The maximum Gasteiger partial charge on any atom is 0.225 e. The van der Waals surface area contributed by atoms with Crippen LogP contribution in [0, 0.1) is 19.8 Å². The van der Waals surface area contributed by atoms with Gasteiger partial charge in [0, 0.05) is 17.8 Å². The summed E-state index contributed by atoms with van der Waals surface area (Å²) in [5.74, 6) is 0.167. The van der Waals surface area contributed by atoms with E-state index in [1.165, 1.54) is 0 Å². The number of aromatic amines is 1. The van der Waals surface area contributed by atoms with Crippen LogP contribution < -0.4 is 0 Å². The Kier molecular flexibility index (Phi) is 5.62. The van der Waals surface area contributed by atoms with Gasteiger partial charge in [-0.2, -0.15) is 5.10 Å². The number of carbonyl (C=O) groups excluding carboxylic acids is 1. The van der Waals surface area contributed by atoms with Crippen molar-refractivity contribution in [1.29, 1.82) is 0 Å². The number of aliphatic hydroxyl groups is 1. The normalized spacial score (nSPS) is 21.0. The van der Waals surface area contributed by atoms with Crippen LogP contribution in [0.4, 0.5) is 0 Å². The highest BCUT2D eigenvalue weighted by atomic mass is 16.3. The van der Waals surface area contributed by atoms with Gasteiger partial charge in [-0.25, -0.2) is 0 Å². The molecule has 2 rings (SSSR count). The van der Waals surface area contributed by atoms with Crippen molar-refractivity contribution in [1.82, 2.24) is 15.1 Å². The molecule has 1 aliphatic heterocycles. The van der Waals surface area contributed by atoms with Crippen LogP contribution in [0.2, 0.25) is 0 Å². The van der Waals surface area contributed by atoms with E-state index in [2.05, 4.69) is 10.2 Å². The molecule has 2 unspecified atom stereocenters. The largest absolute Gasteiger partial charge is 0.392 e. The van der Waals surface area contributed by atoms with Gasteiger partial charge in [-0.05, 0) is 32.6 Å². The van der Waals surface area contributed by atoms with Crippen LogP contribution in [0.25, 0.3) is 0 Å². The minimum absolute atomic E-state index is 0.0631. The number of H-pyrrole nitrogens is 1. The number of rotatable bonds is 4. The maximum absolute atomic E-state index is 12.7. The molecule has 22 heavy (non-hydrogen) atoms. The van der Waals surface area contributed by atoms with Gasteiger partial charge in [0.15, 0.2) is 0 Å². The number of nitrogens with one attached hydrogen (secondary N) is 1. The van der Waals surface area contributed by atoms with Crippen LogP contribution in [-0.4, -0.2) is 38.8 Å². The van der Waals surface area contributed by atoms with Crippen LogP contribution in [0.3, 0.4) is 0 Å². The Morgan fingerprint density at radius 1 is 1.36 bits per heavy atom. The first kappa shape index (κ1) is 17.0. The topological polar surface area (TPSA) is 69.2 Å². The number of likely N-dealkylation sites (tertiary alicyclic amines) is 1. The maximum atomic E-state index is 12.7. The third kappa shape index (κ3) is 3.69. The Labute approximate surface area is 133 Å². The van der Waals surface area contributed by atoms with Gasteiger partial charge in [0.05, 0.1) is 24.3 Å². The molecule has 1 saturated heterocycles. The van der Waals surface area contributed by atoms with Crippen molar-refractivity contribution in [3.05, 3.63) is 17.0 Å². The molecule has 124 valence electrons. The molecular formula is C17H29N3O2. The van der Waals surface area contributed by atoms with Gasteiger partial charge in [0.2, 0.25) is 5.91 Å². The Hall–Kier alpha value is -1.36. The quantitative estimate of drug-likeness (QED) is 0.898. The molecule has 2 heterocycles. The van der Waals surface area contributed by atoms with E-state index < -0.39 is 6.10 Å². The molecule has 2 atom stereocenters. The van der Waals surface area contributed by atoms with E-state index in [4.69, 9.17) is 0 Å². The average molecular weight is 307 g/mol. The minimum atomic E-state index is -0.567. The molecule has 1 fully saturated rings. The number of aliphatic hydroxyl groups excluding tert-OH is 1. The predicted molar refractivity (Wildman–Crippen MR) is 86.4 cm³/mol. The SMILES string of the molecule is Cc1n[nH]c(C)c1C1CCCCCN1C(=O)CC(O)C(C)C. The molecule has 0 bridgehead atoms. The van der Waals surface area contributed by atoms with Gasteiger partial charge in [0.25, 0.3) is 0 Å². The Balaban J connectivity index is 2.23. The molecule has 1 aliphatic rings. The zero-order valence-electron chi connectivity index (χ0n) is 14.2. The predicted octanol–water partition coefficient (Wildman–Crippen LogP) is 2.88. The third-order valence-corrected chi connectivity index (χ3v) is 4.74. The fourth-order valence-electron chi connectivity index (χ4n) is 3.29. The Morgan fingerprint density at radius 3 is 2.68 bits per heavy atom. The summed E-state index contributed by atoms with van der Waals surface area (Å²) in [6.45, 7) is 8.68. The van der Waals surface area contributed by atoms with E-state index in [1.807, 2.05) is 32.6 Å². The van der Waals surface area contributed by atoms with Crippen LogP contribution >= 0.6 is 0 Å². The van der Waals surface area contributed by atoms with Crippen molar-refractivity contribution in [3.63, 3.8) is 0 Å². The fourth-order valence-corrected chi connectivity index (χ4v) is 3.29. The van der Waals surface area contributed by atoms with Crippen molar-refractivity contribution in [2.24, 2.45) is 5.92 Å². The fraction of sp³-hybridized carbons (Fsp3) is 0.765. The number of hydrogen-bond acceptors (Lipinski definition) is 3. The van der Waals surface area contributed by atoms with E-state index >= 15 is 0 Å². The van der Waals surface area contributed by atoms with Crippen molar-refractivity contribution in [3.8, 4) is 0 Å². The van der Waals surface area contributed by atoms with Gasteiger partial charge in [-0.15, -0.1) is 0 Å². The van der Waals surface area contributed by atoms with E-state index in [-0.39, 0.29) is 24.3 Å². The first-order valence-electron chi connectivity index (χ1n) is 8.40. The van der Waals surface area contributed by atoms with E-state index in [0.717, 1.165) is 49.2 Å². The average Bonchev–Trinajstić information content (AvgIpc) is 2.67. The van der Waals surface area contributed by atoms with Crippen molar-refractivity contribution < 1.29 is 9.90 Å². The molecule has 1 aromatic heterocycles. The highest BCUT2D eigenvalue weighted by Crippen LogP contribution is 2.33. The van der Waals surface area contributed by atoms with Crippen LogP contribution in [0.5, 0.6) is 0 Å². The third-order valence-electron chi connectivity index (χ3n) is 4.74. The summed E-state index contributed by atoms with van der Waals surface area (Å²) in [5.41, 5.74) is 3.19. The summed E-state index contributed by atoms with van der Waals surface area (Å²) in [6, 6.07) is 0.0908. The molecule has 1 aromatic rings. The number of aromatic nitrogens is 2. The number of nitrogens with zero attached hydrogens (tertiary/aromatic N) is 2. The number of carbonyl (C=O) groups is 1. The van der Waals surface area contributed by atoms with E-state index in [0.29, 0.717) is 0 Å². The van der Waals surface area contributed by atoms with Crippen LogP contribution in [0.15, 0.2) is 0 Å². The molecule has 0 aliphatic carbocycles. The van der Waals surface area contributed by atoms with E-state index in [9.17, 15) is 9.90 Å². The molecule has 0 saturated carbocycles. The second-order valence-electron chi connectivity index (χ2n) is 6.82. The summed E-state index contributed by atoms with van der Waals surface area (Å²) < 4.78 is 0. The molecule has 2 N–H and O–H groups in total. The summed E-state index contributed by atoms with van der Waals surface area (Å²) in [7, 11) is 0. The van der Waals surface area contributed by atoms with E-state index in [1.54, 1.807) is 0 Å². The molecule has 5 nitrogen and oxygen atoms in total. The Bertz CT molecular complexity index is 491. The first-order chi connectivity index (χ1) is 10.4. The molecule has 0 aromatic carbocycles. The van der Waals surface area contributed by atoms with Gasteiger partial charge < -0.3 is 10.0 Å². The van der Waals surface area contributed by atoms with Crippen molar-refractivity contribution >= 4 is 5.91 Å². The molecule has 0 spiro atoms. The monoisotopic (exact) mass is 307 g/mol. The standard InChI is InChI=1S/C17H29N3O2/c1-11(2)15(21)10-16(22)20-9-7-5-6-8-14(20)17-12(3)18-19-13(17)4/h11,14-15,21H,5-10H2,1-4H3,(H,18,19). The smallest absolute Gasteiger partial charge is 0.225 e. The van der Waals surface area contributed by atoms with Gasteiger partial charge in [-0.3, -0.25) is 9.89 Å². The molecule has 5 heteroatoms. The van der Waals surface area contributed by atoms with Crippen LogP contribution in [-0.2, 0) is 4.79 Å². The minimum Gasteiger partial charge on any atom is -0.392 e. The van der Waals surface area contributed by atoms with Gasteiger partial charge >= 0.3 is 0 Å². The zero-order valence-corrected chi connectivity index (χ0v) is 14.2. The van der Waals surface area contributed by atoms with Crippen LogP contribution in [0.1, 0.15) is 68.9 Å². The van der Waals surface area contributed by atoms with Crippen molar-refractivity contribution in [2.75, 3.05) is 6.54 Å². The molecule has 1 amide bonds. The Morgan fingerprint density at radius 2 is 2.09 bits per heavy atom. The molecular weight excluding hydrogens is 278 g/mol. The summed E-state index contributed by atoms with van der Waals surface area (Å²) in [4.78, 5) is 14.7. The highest BCUT2D eigenvalue weighted by molar-refractivity contribution is 5.77. The van der Waals surface area contributed by atoms with Crippen molar-refractivity contribution in [2.45, 2.75) is 71.9 Å².